The minimum atomic E-state index is -0.493. The van der Waals surface area contributed by atoms with Crippen molar-refractivity contribution in [3.63, 3.8) is 0 Å². The Hall–Kier alpha value is -2.52. The molecule has 0 radical (unpaired) electrons. The van der Waals surface area contributed by atoms with Crippen LogP contribution in [0.4, 0.5) is 10.1 Å². The highest BCUT2D eigenvalue weighted by Gasteiger charge is 2.21. The summed E-state index contributed by atoms with van der Waals surface area (Å²) in [7, 11) is 1.83. The minimum absolute atomic E-state index is 0.135. The first-order valence-corrected chi connectivity index (χ1v) is 10.2. The fourth-order valence-corrected chi connectivity index (χ4v) is 3.92. The monoisotopic (exact) mass is 419 g/mol. The van der Waals surface area contributed by atoms with Gasteiger partial charge in [-0.15, -0.1) is 11.3 Å². The van der Waals surface area contributed by atoms with Gasteiger partial charge in [-0.25, -0.2) is 4.39 Å². The van der Waals surface area contributed by atoms with E-state index in [1.54, 1.807) is 29.7 Å². The van der Waals surface area contributed by atoms with Crippen molar-refractivity contribution in [2.45, 2.75) is 19.4 Å². The predicted octanol–water partition coefficient (Wildman–Crippen LogP) is 4.01. The summed E-state index contributed by atoms with van der Waals surface area (Å²) in [6.07, 6.45) is 0.692. The molecule has 9 heteroatoms. The van der Waals surface area contributed by atoms with Crippen molar-refractivity contribution in [3.05, 3.63) is 52.4 Å². The van der Waals surface area contributed by atoms with Gasteiger partial charge in [0, 0.05) is 20.1 Å². The molecule has 2 heterocycles. The van der Waals surface area contributed by atoms with E-state index in [0.29, 0.717) is 35.8 Å². The average Bonchev–Trinajstić information content (AvgIpc) is 3.34. The van der Waals surface area contributed by atoms with Crippen LogP contribution in [-0.4, -0.2) is 40.8 Å². The molecular weight excluding hydrogens is 397 g/mol. The van der Waals surface area contributed by atoms with Gasteiger partial charge in [0.2, 0.25) is 5.91 Å². The van der Waals surface area contributed by atoms with Crippen LogP contribution in [0.25, 0.3) is 10.7 Å². The fraction of sp³-hybridized carbons (Fsp3) is 0.316. The molecule has 1 amide bonds. The van der Waals surface area contributed by atoms with Crippen molar-refractivity contribution >= 4 is 35.1 Å². The van der Waals surface area contributed by atoms with Crippen molar-refractivity contribution in [2.24, 2.45) is 0 Å². The van der Waals surface area contributed by atoms with E-state index in [2.05, 4.69) is 15.5 Å². The molecule has 1 unspecified atom stereocenters. The van der Waals surface area contributed by atoms with E-state index in [1.807, 2.05) is 29.5 Å². The zero-order chi connectivity index (χ0) is 20.1. The third-order valence-corrected chi connectivity index (χ3v) is 5.60. The molecule has 1 aromatic carbocycles. The Morgan fingerprint density at radius 2 is 2.18 bits per heavy atom. The fourth-order valence-electron chi connectivity index (χ4n) is 2.92. The van der Waals surface area contributed by atoms with Crippen molar-refractivity contribution < 1.29 is 9.18 Å². The van der Waals surface area contributed by atoms with Crippen molar-refractivity contribution in [1.82, 2.24) is 20.1 Å². The van der Waals surface area contributed by atoms with Crippen LogP contribution >= 0.6 is 23.6 Å². The molecule has 6 nitrogen and oxygen atoms in total. The predicted molar refractivity (Wildman–Crippen MR) is 113 cm³/mol. The number of para-hydroxylation sites is 1. The van der Waals surface area contributed by atoms with E-state index in [0.717, 1.165) is 4.88 Å². The molecule has 0 saturated heterocycles. The Labute approximate surface area is 172 Å². The third kappa shape index (κ3) is 4.48. The lowest BCUT2D eigenvalue weighted by Crippen LogP contribution is -2.33. The average molecular weight is 420 g/mol. The molecule has 0 spiro atoms. The number of thiophene rings is 1. The first-order chi connectivity index (χ1) is 13.5. The molecule has 3 rings (SSSR count). The number of hydrogen-bond donors (Lipinski definition) is 2. The lowest BCUT2D eigenvalue weighted by Gasteiger charge is -2.20. The summed E-state index contributed by atoms with van der Waals surface area (Å²) in [5.74, 6) is 0.267. The van der Waals surface area contributed by atoms with Crippen LogP contribution in [0.2, 0.25) is 0 Å². The van der Waals surface area contributed by atoms with Crippen LogP contribution < -0.4 is 10.2 Å². The number of nitrogens with one attached hydrogen (secondary N) is 2. The van der Waals surface area contributed by atoms with Crippen molar-refractivity contribution in [1.29, 1.82) is 0 Å². The maximum absolute atomic E-state index is 13.8. The highest BCUT2D eigenvalue weighted by molar-refractivity contribution is 7.71. The third-order valence-electron chi connectivity index (χ3n) is 4.45. The zero-order valence-electron chi connectivity index (χ0n) is 15.7. The second-order valence-electron chi connectivity index (χ2n) is 6.39. The largest absolute Gasteiger partial charge is 0.372 e. The van der Waals surface area contributed by atoms with E-state index in [1.165, 1.54) is 17.4 Å². The summed E-state index contributed by atoms with van der Waals surface area (Å²) in [6.45, 7) is 2.91. The number of rotatable bonds is 8. The summed E-state index contributed by atoms with van der Waals surface area (Å²) in [5, 5.41) is 11.9. The van der Waals surface area contributed by atoms with Crippen LogP contribution in [0.3, 0.4) is 0 Å². The SMILES string of the molecule is CC(C(=O)NCCCN(C)c1ccccc1F)n1c(-c2cccs2)n[nH]c1=S. The minimum Gasteiger partial charge on any atom is -0.372 e. The van der Waals surface area contributed by atoms with Crippen molar-refractivity contribution in [2.75, 3.05) is 25.0 Å². The van der Waals surface area contributed by atoms with Gasteiger partial charge in [0.05, 0.1) is 10.6 Å². The van der Waals surface area contributed by atoms with Gasteiger partial charge in [-0.1, -0.05) is 18.2 Å². The number of carbonyl (C=O) groups excluding carboxylic acids is 1. The van der Waals surface area contributed by atoms with Gasteiger partial charge in [0.1, 0.15) is 11.9 Å². The first-order valence-electron chi connectivity index (χ1n) is 8.93. The van der Waals surface area contributed by atoms with E-state index in [9.17, 15) is 9.18 Å². The number of hydrogen-bond acceptors (Lipinski definition) is 5. The summed E-state index contributed by atoms with van der Waals surface area (Å²) < 4.78 is 15.9. The number of carbonyl (C=O) groups is 1. The lowest BCUT2D eigenvalue weighted by atomic mass is 10.2. The summed E-state index contributed by atoms with van der Waals surface area (Å²) in [4.78, 5) is 15.4. The van der Waals surface area contributed by atoms with Gasteiger partial charge >= 0.3 is 0 Å². The first kappa shape index (κ1) is 20.2. The van der Waals surface area contributed by atoms with Crippen LogP contribution in [-0.2, 0) is 4.79 Å². The Kier molecular flexibility index (Phi) is 6.58. The van der Waals surface area contributed by atoms with Gasteiger partial charge in [-0.05, 0) is 49.1 Å². The maximum atomic E-state index is 13.8. The van der Waals surface area contributed by atoms with Crippen LogP contribution in [0.1, 0.15) is 19.4 Å². The molecule has 148 valence electrons. The number of nitrogens with zero attached hydrogens (tertiary/aromatic N) is 3. The second-order valence-corrected chi connectivity index (χ2v) is 7.73. The maximum Gasteiger partial charge on any atom is 0.242 e. The molecule has 0 aliphatic carbocycles. The molecule has 28 heavy (non-hydrogen) atoms. The Balaban J connectivity index is 1.55. The van der Waals surface area contributed by atoms with E-state index < -0.39 is 6.04 Å². The van der Waals surface area contributed by atoms with Gasteiger partial charge in [-0.2, -0.15) is 5.10 Å². The number of aromatic amines is 1. The smallest absolute Gasteiger partial charge is 0.242 e. The molecule has 2 N–H and O–H groups in total. The zero-order valence-corrected chi connectivity index (χ0v) is 17.3. The molecule has 0 fully saturated rings. The normalized spacial score (nSPS) is 12.0. The molecule has 0 bridgehead atoms. The number of anilines is 1. The van der Waals surface area contributed by atoms with E-state index in [4.69, 9.17) is 12.2 Å². The topological polar surface area (TPSA) is 66.0 Å². The number of H-pyrrole nitrogens is 1. The summed E-state index contributed by atoms with van der Waals surface area (Å²) in [6, 6.07) is 10.0. The highest BCUT2D eigenvalue weighted by Crippen LogP contribution is 2.25. The number of aromatic nitrogens is 3. The molecular formula is C19H22FN5OS2. The van der Waals surface area contributed by atoms with Gasteiger partial charge < -0.3 is 10.2 Å². The molecule has 0 aliphatic heterocycles. The molecule has 0 saturated carbocycles. The Bertz CT molecular complexity index is 982. The quantitative estimate of drug-likeness (QED) is 0.428. The number of halogens is 1. The van der Waals surface area contributed by atoms with E-state index >= 15 is 0 Å². The summed E-state index contributed by atoms with van der Waals surface area (Å²) in [5.41, 5.74) is 0.549. The molecule has 2 aromatic heterocycles. The van der Waals surface area contributed by atoms with Crippen molar-refractivity contribution in [3.8, 4) is 10.7 Å². The Morgan fingerprint density at radius 1 is 1.39 bits per heavy atom. The molecule has 3 aromatic rings. The standard InChI is InChI=1S/C19H22FN5OS2/c1-13(25-17(22-23-19(25)27)16-9-5-12-28-16)18(26)21-10-6-11-24(2)15-8-4-3-7-14(15)20/h3-5,7-9,12-13H,6,10-11H2,1-2H3,(H,21,26)(H,23,27). The number of benzene rings is 1. The van der Waals surface area contributed by atoms with Crippen LogP contribution in [0.5, 0.6) is 0 Å². The van der Waals surface area contributed by atoms with Gasteiger partial charge in [-0.3, -0.25) is 14.5 Å². The van der Waals surface area contributed by atoms with E-state index in [-0.39, 0.29) is 11.7 Å². The molecule has 0 aliphatic rings. The Morgan fingerprint density at radius 3 is 2.89 bits per heavy atom. The summed E-state index contributed by atoms with van der Waals surface area (Å²) >= 11 is 6.84. The second kappa shape index (κ2) is 9.11. The molecule has 1 atom stereocenters. The number of amides is 1. The van der Waals surface area contributed by atoms with Gasteiger partial charge in [0.25, 0.3) is 0 Å². The van der Waals surface area contributed by atoms with Crippen LogP contribution in [0, 0.1) is 10.6 Å². The highest BCUT2D eigenvalue weighted by atomic mass is 32.1. The van der Waals surface area contributed by atoms with Crippen LogP contribution in [0.15, 0.2) is 41.8 Å². The lowest BCUT2D eigenvalue weighted by molar-refractivity contribution is -0.123. The van der Waals surface area contributed by atoms with Gasteiger partial charge in [0.15, 0.2) is 10.6 Å².